The molecular weight excluding hydrogens is 148 g/mol. The first-order valence-corrected chi connectivity index (χ1v) is 4.91. The second kappa shape index (κ2) is 3.92. The van der Waals surface area contributed by atoms with E-state index in [4.69, 9.17) is 0 Å². The van der Waals surface area contributed by atoms with Gasteiger partial charge >= 0.3 is 0 Å². The average Bonchev–Trinajstić information content (AvgIpc) is 2.53. The van der Waals surface area contributed by atoms with Gasteiger partial charge < -0.3 is 5.32 Å². The third-order valence-electron chi connectivity index (χ3n) is 2.60. The summed E-state index contributed by atoms with van der Waals surface area (Å²) in [6, 6.07) is 0. The molecule has 0 aromatic carbocycles. The van der Waals surface area contributed by atoms with Gasteiger partial charge in [-0.25, -0.2) is 0 Å². The van der Waals surface area contributed by atoms with Crippen LogP contribution < -0.4 is 5.32 Å². The fourth-order valence-corrected chi connectivity index (χ4v) is 1.15. The van der Waals surface area contributed by atoms with Crippen molar-refractivity contribution in [2.24, 2.45) is 10.4 Å². The molecule has 1 rings (SSSR count). The Kier molecular flexibility index (Phi) is 3.12. The number of nitrogens with zero attached hydrogens (tertiary/aromatic N) is 1. The van der Waals surface area contributed by atoms with E-state index in [1.165, 1.54) is 18.7 Å². The van der Waals surface area contributed by atoms with Crippen LogP contribution in [0.5, 0.6) is 0 Å². The highest BCUT2D eigenvalue weighted by Gasteiger charge is 2.16. The number of nitrogens with one attached hydrogen (secondary N) is 1. The zero-order valence-corrected chi connectivity index (χ0v) is 8.48. The summed E-state index contributed by atoms with van der Waals surface area (Å²) in [7, 11) is 0. The van der Waals surface area contributed by atoms with Crippen LogP contribution in [-0.4, -0.2) is 18.9 Å². The largest absolute Gasteiger partial charge is 0.373 e. The molecule has 70 valence electrons. The van der Waals surface area contributed by atoms with Crippen molar-refractivity contribution < 1.29 is 0 Å². The Morgan fingerprint density at radius 2 is 2.25 bits per heavy atom. The van der Waals surface area contributed by atoms with Crippen LogP contribution in [0.15, 0.2) is 4.99 Å². The van der Waals surface area contributed by atoms with Gasteiger partial charge in [0.15, 0.2) is 0 Å². The van der Waals surface area contributed by atoms with Gasteiger partial charge in [0.05, 0.1) is 5.84 Å². The predicted octanol–water partition coefficient (Wildman–Crippen LogP) is 2.20. The summed E-state index contributed by atoms with van der Waals surface area (Å²) in [5, 5.41) is 3.42. The molecular formula is C10H20N2. The van der Waals surface area contributed by atoms with Crippen molar-refractivity contribution in [1.29, 1.82) is 0 Å². The lowest BCUT2D eigenvalue weighted by atomic mass is 9.90. The number of hydrogen-bond acceptors (Lipinski definition) is 2. The molecule has 0 spiro atoms. The molecule has 0 aromatic heterocycles. The van der Waals surface area contributed by atoms with E-state index in [0.717, 1.165) is 19.5 Å². The monoisotopic (exact) mass is 168 g/mol. The van der Waals surface area contributed by atoms with Crippen LogP contribution in [0, 0.1) is 5.41 Å². The van der Waals surface area contributed by atoms with Crippen LogP contribution in [0.25, 0.3) is 0 Å². The second-order valence-electron chi connectivity index (χ2n) is 4.30. The van der Waals surface area contributed by atoms with Crippen LogP contribution in [0.3, 0.4) is 0 Å². The maximum Gasteiger partial charge on any atom is 0.0963 e. The molecule has 2 nitrogen and oxygen atoms in total. The summed E-state index contributed by atoms with van der Waals surface area (Å²) in [5.41, 5.74) is 0.408. The Morgan fingerprint density at radius 3 is 2.75 bits per heavy atom. The van der Waals surface area contributed by atoms with E-state index in [-0.39, 0.29) is 0 Å². The fraction of sp³-hybridized carbons (Fsp3) is 0.900. The number of amidine groups is 1. The minimum Gasteiger partial charge on any atom is -0.373 e. The minimum atomic E-state index is 0.408. The Balaban J connectivity index is 2.24. The average molecular weight is 168 g/mol. The van der Waals surface area contributed by atoms with Crippen molar-refractivity contribution in [3.05, 3.63) is 0 Å². The molecule has 0 saturated heterocycles. The van der Waals surface area contributed by atoms with E-state index in [0.29, 0.717) is 5.41 Å². The first kappa shape index (κ1) is 9.56. The molecule has 0 saturated carbocycles. The summed E-state index contributed by atoms with van der Waals surface area (Å²) in [4.78, 5) is 4.38. The highest BCUT2D eigenvalue weighted by atomic mass is 15.0. The van der Waals surface area contributed by atoms with Gasteiger partial charge in [-0.2, -0.15) is 0 Å². The first-order valence-electron chi connectivity index (χ1n) is 4.91. The molecule has 0 unspecified atom stereocenters. The lowest BCUT2D eigenvalue weighted by molar-refractivity contribution is 0.349. The van der Waals surface area contributed by atoms with Gasteiger partial charge in [-0.15, -0.1) is 0 Å². The van der Waals surface area contributed by atoms with E-state index in [9.17, 15) is 0 Å². The highest BCUT2D eigenvalue weighted by molar-refractivity contribution is 5.83. The van der Waals surface area contributed by atoms with Gasteiger partial charge in [-0.1, -0.05) is 20.8 Å². The van der Waals surface area contributed by atoms with Crippen molar-refractivity contribution in [3.8, 4) is 0 Å². The fourth-order valence-electron chi connectivity index (χ4n) is 1.15. The summed E-state index contributed by atoms with van der Waals surface area (Å²) in [6.45, 7) is 8.89. The molecule has 0 aliphatic carbocycles. The summed E-state index contributed by atoms with van der Waals surface area (Å²) in [6.07, 6.45) is 3.60. The standard InChI is InChI=1S/C10H20N2/c1-4-10(2,3)8-12-9-6-5-7-11-9/h4-8H2,1-3H3,(H,11,12). The Labute approximate surface area is 75.5 Å². The van der Waals surface area contributed by atoms with Gasteiger partial charge in [0, 0.05) is 19.5 Å². The third-order valence-corrected chi connectivity index (χ3v) is 2.60. The number of hydrogen-bond donors (Lipinski definition) is 1. The number of aliphatic imine (C=N–C) groups is 1. The van der Waals surface area contributed by atoms with Crippen LogP contribution >= 0.6 is 0 Å². The van der Waals surface area contributed by atoms with Crippen molar-refractivity contribution in [3.63, 3.8) is 0 Å². The van der Waals surface area contributed by atoms with Gasteiger partial charge in [0.25, 0.3) is 0 Å². The van der Waals surface area contributed by atoms with Crippen LogP contribution in [-0.2, 0) is 0 Å². The summed E-state index contributed by atoms with van der Waals surface area (Å²) in [5.74, 6) is 1.22. The Hall–Kier alpha value is -0.530. The van der Waals surface area contributed by atoms with Gasteiger partial charge in [0.2, 0.25) is 0 Å². The molecule has 0 fully saturated rings. The lowest BCUT2D eigenvalue weighted by Gasteiger charge is -2.23. The van der Waals surface area contributed by atoms with Gasteiger partial charge in [-0.05, 0) is 18.3 Å². The van der Waals surface area contributed by atoms with Gasteiger partial charge in [0.1, 0.15) is 0 Å². The molecule has 1 N–H and O–H groups in total. The molecule has 0 radical (unpaired) electrons. The van der Waals surface area contributed by atoms with Crippen molar-refractivity contribution in [2.75, 3.05) is 13.1 Å². The zero-order chi connectivity index (χ0) is 9.03. The van der Waals surface area contributed by atoms with Crippen LogP contribution in [0.4, 0.5) is 0 Å². The summed E-state index contributed by atoms with van der Waals surface area (Å²) >= 11 is 0. The molecule has 0 amide bonds. The van der Waals surface area contributed by atoms with Crippen LogP contribution in [0.1, 0.15) is 40.0 Å². The molecule has 12 heavy (non-hydrogen) atoms. The van der Waals surface area contributed by atoms with E-state index < -0.39 is 0 Å². The van der Waals surface area contributed by atoms with E-state index in [1.807, 2.05) is 0 Å². The van der Waals surface area contributed by atoms with E-state index in [2.05, 4.69) is 31.1 Å². The number of rotatable bonds is 3. The lowest BCUT2D eigenvalue weighted by Crippen LogP contribution is -2.32. The van der Waals surface area contributed by atoms with Crippen molar-refractivity contribution >= 4 is 5.84 Å². The molecule has 1 aliphatic heterocycles. The summed E-state index contributed by atoms with van der Waals surface area (Å²) < 4.78 is 0. The maximum absolute atomic E-state index is 4.38. The first-order chi connectivity index (χ1) is 5.64. The van der Waals surface area contributed by atoms with Crippen molar-refractivity contribution in [1.82, 2.24) is 5.32 Å². The highest BCUT2D eigenvalue weighted by Crippen LogP contribution is 2.18. The molecule has 0 aromatic rings. The molecule has 0 atom stereocenters. The SMILES string of the molecule is CCC(C)(C)CNC1=NCCC1. The smallest absolute Gasteiger partial charge is 0.0963 e. The third kappa shape index (κ3) is 2.84. The Bertz CT molecular complexity index is 171. The Morgan fingerprint density at radius 1 is 1.50 bits per heavy atom. The van der Waals surface area contributed by atoms with Gasteiger partial charge in [-0.3, -0.25) is 4.99 Å². The van der Waals surface area contributed by atoms with Crippen molar-refractivity contribution in [2.45, 2.75) is 40.0 Å². The molecule has 0 bridgehead atoms. The van der Waals surface area contributed by atoms with E-state index in [1.54, 1.807) is 0 Å². The zero-order valence-electron chi connectivity index (χ0n) is 8.48. The van der Waals surface area contributed by atoms with E-state index >= 15 is 0 Å². The minimum absolute atomic E-state index is 0.408. The second-order valence-corrected chi connectivity index (χ2v) is 4.30. The normalized spacial score (nSPS) is 17.8. The quantitative estimate of drug-likeness (QED) is 0.686. The molecule has 1 aliphatic rings. The molecule has 2 heteroatoms. The maximum atomic E-state index is 4.38. The molecule has 1 heterocycles. The topological polar surface area (TPSA) is 24.4 Å². The van der Waals surface area contributed by atoms with Crippen LogP contribution in [0.2, 0.25) is 0 Å². The predicted molar refractivity (Wildman–Crippen MR) is 53.6 cm³/mol.